The smallest absolute Gasteiger partial charge is 0.493 e. The van der Waals surface area contributed by atoms with E-state index in [9.17, 15) is 22.8 Å². The maximum Gasteiger partial charge on any atom is 0.573 e. The molecule has 8 nitrogen and oxygen atoms in total. The Kier molecular flexibility index (Phi) is 8.45. The first-order chi connectivity index (χ1) is 18.7. The van der Waals surface area contributed by atoms with Crippen LogP contribution in [0.4, 0.5) is 24.5 Å². The third kappa shape index (κ3) is 6.90. The largest absolute Gasteiger partial charge is 0.573 e. The molecule has 3 aromatic carbocycles. The van der Waals surface area contributed by atoms with E-state index >= 15 is 0 Å². The Balaban J connectivity index is 1.53. The lowest BCUT2D eigenvalue weighted by Crippen LogP contribution is -2.31. The first-order valence-corrected chi connectivity index (χ1v) is 12.4. The van der Waals surface area contributed by atoms with Crippen LogP contribution in [-0.2, 0) is 9.59 Å². The Morgan fingerprint density at radius 1 is 1.00 bits per heavy atom. The van der Waals surface area contributed by atoms with Crippen LogP contribution in [0, 0.1) is 0 Å². The number of carbonyl (C=O) groups is 2. The van der Waals surface area contributed by atoms with Crippen LogP contribution >= 0.6 is 11.8 Å². The number of nitrogens with one attached hydrogen (secondary N) is 1. The van der Waals surface area contributed by atoms with Gasteiger partial charge in [0.1, 0.15) is 11.4 Å². The summed E-state index contributed by atoms with van der Waals surface area (Å²) in [5, 5.41) is 2.88. The van der Waals surface area contributed by atoms with E-state index in [-0.39, 0.29) is 22.3 Å². The molecule has 39 heavy (non-hydrogen) atoms. The van der Waals surface area contributed by atoms with E-state index in [1.54, 1.807) is 48.5 Å². The number of hydrogen-bond donors (Lipinski definition) is 1. The zero-order valence-corrected chi connectivity index (χ0v) is 21.5. The molecule has 1 heterocycles. The Hall–Kier alpha value is -4.45. The SMILES string of the molecule is COc1cccc(C=C2N=C(SCC(=O)Nc3ccc(OC(F)(F)F)cc3)N(c3ccccc3)C2=O)c1OC. The number of methoxy groups -OCH3 is 2. The topological polar surface area (TPSA) is 89.5 Å². The standard InChI is InChI=1S/C27H22F3N3O5S/c1-36-22-10-6-7-17(24(22)37-2)15-21-25(35)33(19-8-4-3-5-9-19)26(32-21)39-16-23(34)31-18-11-13-20(14-12-18)38-27(28,29)30/h3-15H,16H2,1-2H3,(H,31,34). The van der Waals surface area contributed by atoms with Gasteiger partial charge in [-0.25, -0.2) is 4.99 Å². The molecule has 202 valence electrons. The molecule has 0 spiro atoms. The van der Waals surface area contributed by atoms with Crippen LogP contribution in [-0.4, -0.2) is 43.3 Å². The molecule has 0 fully saturated rings. The van der Waals surface area contributed by atoms with Crippen LogP contribution < -0.4 is 24.4 Å². The Bertz CT molecular complexity index is 1410. The van der Waals surface area contributed by atoms with Gasteiger partial charge in [-0.05, 0) is 48.5 Å². The monoisotopic (exact) mass is 557 g/mol. The number of amides is 2. The minimum absolute atomic E-state index is 0.119. The predicted octanol–water partition coefficient (Wildman–Crippen LogP) is 5.72. The summed E-state index contributed by atoms with van der Waals surface area (Å²) in [6.07, 6.45) is -3.23. The van der Waals surface area contributed by atoms with Crippen LogP contribution in [0.25, 0.3) is 6.08 Å². The lowest BCUT2D eigenvalue weighted by molar-refractivity contribution is -0.274. The van der Waals surface area contributed by atoms with Gasteiger partial charge in [-0.2, -0.15) is 0 Å². The molecule has 0 radical (unpaired) electrons. The maximum absolute atomic E-state index is 13.4. The van der Waals surface area contributed by atoms with Crippen LogP contribution in [0.5, 0.6) is 17.2 Å². The Morgan fingerprint density at radius 3 is 2.36 bits per heavy atom. The molecule has 0 saturated heterocycles. The number of carbonyl (C=O) groups excluding carboxylic acids is 2. The summed E-state index contributed by atoms with van der Waals surface area (Å²) in [4.78, 5) is 31.9. The third-order valence-corrected chi connectivity index (χ3v) is 6.21. The molecule has 1 aliphatic heterocycles. The summed E-state index contributed by atoms with van der Waals surface area (Å²) in [5.41, 5.74) is 1.56. The van der Waals surface area contributed by atoms with Crippen LogP contribution in [0.3, 0.4) is 0 Å². The molecule has 0 aliphatic carbocycles. The van der Waals surface area contributed by atoms with Crippen molar-refractivity contribution in [3.63, 3.8) is 0 Å². The van der Waals surface area contributed by atoms with Gasteiger partial charge in [-0.1, -0.05) is 42.1 Å². The summed E-state index contributed by atoms with van der Waals surface area (Å²) in [5.74, 6) is -0.432. The number of aliphatic imine (C=N–C) groups is 1. The van der Waals surface area contributed by atoms with Gasteiger partial charge in [0, 0.05) is 11.3 Å². The molecule has 1 N–H and O–H groups in total. The average molecular weight is 558 g/mol. The highest BCUT2D eigenvalue weighted by molar-refractivity contribution is 8.14. The maximum atomic E-state index is 13.4. The Morgan fingerprint density at radius 2 is 1.72 bits per heavy atom. The fraction of sp³-hybridized carbons (Fsp3) is 0.148. The van der Waals surface area contributed by atoms with Gasteiger partial charge in [0.2, 0.25) is 5.91 Å². The van der Waals surface area contributed by atoms with Crippen molar-refractivity contribution in [3.8, 4) is 17.2 Å². The fourth-order valence-corrected chi connectivity index (χ4v) is 4.45. The molecule has 0 bridgehead atoms. The zero-order valence-electron chi connectivity index (χ0n) is 20.7. The van der Waals surface area contributed by atoms with E-state index in [0.29, 0.717) is 22.7 Å². The van der Waals surface area contributed by atoms with Crippen LogP contribution in [0.15, 0.2) is 83.5 Å². The van der Waals surface area contributed by atoms with Gasteiger partial charge in [0.15, 0.2) is 16.7 Å². The van der Waals surface area contributed by atoms with Crippen molar-refractivity contribution in [1.29, 1.82) is 0 Å². The number of thioether (sulfide) groups is 1. The number of hydrogen-bond acceptors (Lipinski definition) is 7. The second-order valence-corrected chi connectivity index (χ2v) is 8.83. The average Bonchev–Trinajstić information content (AvgIpc) is 3.22. The van der Waals surface area contributed by atoms with Gasteiger partial charge < -0.3 is 19.5 Å². The van der Waals surface area contributed by atoms with E-state index in [2.05, 4.69) is 15.0 Å². The highest BCUT2D eigenvalue weighted by Crippen LogP contribution is 2.35. The first kappa shape index (κ1) is 27.6. The van der Waals surface area contributed by atoms with E-state index in [0.717, 1.165) is 23.9 Å². The number of rotatable bonds is 8. The number of anilines is 2. The Labute approximate surface area is 226 Å². The van der Waals surface area contributed by atoms with Crippen molar-refractivity contribution in [1.82, 2.24) is 0 Å². The van der Waals surface area contributed by atoms with Gasteiger partial charge in [0.25, 0.3) is 5.91 Å². The normalized spacial score (nSPS) is 14.3. The molecular weight excluding hydrogens is 535 g/mol. The summed E-state index contributed by atoms with van der Waals surface area (Å²) in [6.45, 7) is 0. The number of halogens is 3. The van der Waals surface area contributed by atoms with Crippen molar-refractivity contribution < 1.29 is 37.0 Å². The van der Waals surface area contributed by atoms with Gasteiger partial charge in [-0.15, -0.1) is 13.2 Å². The number of benzene rings is 3. The second-order valence-electron chi connectivity index (χ2n) is 7.89. The second kappa shape index (κ2) is 11.9. The lowest BCUT2D eigenvalue weighted by Gasteiger charge is -2.17. The molecule has 12 heteroatoms. The first-order valence-electron chi connectivity index (χ1n) is 11.4. The number of para-hydroxylation sites is 2. The summed E-state index contributed by atoms with van der Waals surface area (Å²) < 4.78 is 51.7. The minimum Gasteiger partial charge on any atom is -0.493 e. The molecular formula is C27H22F3N3O5S. The van der Waals surface area contributed by atoms with Gasteiger partial charge >= 0.3 is 6.36 Å². The van der Waals surface area contributed by atoms with Crippen molar-refractivity contribution in [2.45, 2.75) is 6.36 Å². The predicted molar refractivity (Wildman–Crippen MR) is 143 cm³/mol. The molecule has 0 saturated carbocycles. The summed E-state index contributed by atoms with van der Waals surface area (Å²) >= 11 is 1.03. The van der Waals surface area contributed by atoms with Crippen LogP contribution in [0.1, 0.15) is 5.56 Å². The number of alkyl halides is 3. The van der Waals surface area contributed by atoms with E-state index in [4.69, 9.17) is 9.47 Å². The molecule has 0 aromatic heterocycles. The quantitative estimate of drug-likeness (QED) is 0.357. The van der Waals surface area contributed by atoms with Gasteiger partial charge in [-0.3, -0.25) is 14.5 Å². The molecule has 3 aromatic rings. The highest BCUT2D eigenvalue weighted by atomic mass is 32.2. The molecule has 0 atom stereocenters. The summed E-state index contributed by atoms with van der Waals surface area (Å²) in [7, 11) is 3.00. The van der Waals surface area contributed by atoms with Crippen molar-refractivity contribution in [3.05, 3.63) is 84.1 Å². The van der Waals surface area contributed by atoms with Crippen molar-refractivity contribution in [2.75, 3.05) is 30.2 Å². The van der Waals surface area contributed by atoms with E-state index in [1.807, 2.05) is 6.07 Å². The number of amidine groups is 1. The van der Waals surface area contributed by atoms with Crippen molar-refractivity contribution >= 4 is 46.2 Å². The van der Waals surface area contributed by atoms with Crippen LogP contribution in [0.2, 0.25) is 0 Å². The molecule has 0 unspecified atom stereocenters. The minimum atomic E-state index is -4.81. The summed E-state index contributed by atoms with van der Waals surface area (Å²) in [6, 6.07) is 18.9. The van der Waals surface area contributed by atoms with E-state index in [1.165, 1.54) is 31.3 Å². The molecule has 4 rings (SSSR count). The zero-order chi connectivity index (χ0) is 28.0. The highest BCUT2D eigenvalue weighted by Gasteiger charge is 2.33. The molecule has 2 amide bonds. The third-order valence-electron chi connectivity index (χ3n) is 5.27. The van der Waals surface area contributed by atoms with Crippen molar-refractivity contribution in [2.24, 2.45) is 4.99 Å². The van der Waals surface area contributed by atoms with Gasteiger partial charge in [0.05, 0.1) is 25.7 Å². The fourth-order valence-electron chi connectivity index (χ4n) is 3.64. The number of ether oxygens (including phenoxy) is 3. The van der Waals surface area contributed by atoms with E-state index < -0.39 is 23.9 Å². The number of nitrogens with zero attached hydrogens (tertiary/aromatic N) is 2. The lowest BCUT2D eigenvalue weighted by atomic mass is 10.1. The molecule has 1 aliphatic rings.